The topological polar surface area (TPSA) is 71.1 Å². The second kappa shape index (κ2) is 8.47. The molecular weight excluding hydrogens is 362 g/mol. The Morgan fingerprint density at radius 3 is 2.33 bits per heavy atom. The van der Waals surface area contributed by atoms with Crippen molar-refractivity contribution in [1.82, 2.24) is 4.98 Å². The molecule has 3 aromatic rings. The summed E-state index contributed by atoms with van der Waals surface area (Å²) in [5.74, 6) is -0.299. The van der Waals surface area contributed by atoms with Crippen LogP contribution in [0, 0.1) is 0 Å². The maximum Gasteiger partial charge on any atom is 0.255 e. The van der Waals surface area contributed by atoms with E-state index in [2.05, 4.69) is 15.6 Å². The number of halogens is 1. The number of nitrogens with one attached hydrogen (secondary N) is 2. The summed E-state index contributed by atoms with van der Waals surface area (Å²) in [7, 11) is 0. The van der Waals surface area contributed by atoms with Crippen LogP contribution in [0.4, 0.5) is 11.4 Å². The van der Waals surface area contributed by atoms with Crippen LogP contribution in [0.3, 0.4) is 0 Å². The molecule has 0 aliphatic carbocycles. The summed E-state index contributed by atoms with van der Waals surface area (Å²) in [6.07, 6.45) is 2.05. The van der Waals surface area contributed by atoms with Crippen molar-refractivity contribution in [3.63, 3.8) is 0 Å². The van der Waals surface area contributed by atoms with Gasteiger partial charge in [0.25, 0.3) is 5.91 Å². The molecule has 0 unspecified atom stereocenters. The number of benzene rings is 2. The highest BCUT2D eigenvalue weighted by molar-refractivity contribution is 6.30. The van der Waals surface area contributed by atoms with Crippen molar-refractivity contribution < 1.29 is 9.59 Å². The number of carbonyl (C=O) groups is 2. The molecular formula is C21H18ClN3O2. The SMILES string of the molecule is CCC(=O)Nc1cccnc1-c1ccc(C(=O)Nc2ccc(Cl)cc2)cc1. The minimum absolute atomic E-state index is 0.0804. The molecule has 0 aliphatic heterocycles. The summed E-state index contributed by atoms with van der Waals surface area (Å²) < 4.78 is 0. The average molecular weight is 380 g/mol. The fourth-order valence-corrected chi connectivity index (χ4v) is 2.62. The fourth-order valence-electron chi connectivity index (χ4n) is 2.49. The highest BCUT2D eigenvalue weighted by Crippen LogP contribution is 2.26. The Kier molecular flexibility index (Phi) is 5.84. The second-order valence-corrected chi connectivity index (χ2v) is 6.28. The predicted molar refractivity (Wildman–Crippen MR) is 108 cm³/mol. The first-order valence-corrected chi connectivity index (χ1v) is 8.87. The third-order valence-electron chi connectivity index (χ3n) is 3.93. The lowest BCUT2D eigenvalue weighted by atomic mass is 10.1. The number of pyridine rings is 1. The van der Waals surface area contributed by atoms with Crippen molar-refractivity contribution >= 4 is 34.8 Å². The van der Waals surface area contributed by atoms with Crippen LogP contribution in [0.25, 0.3) is 11.3 Å². The second-order valence-electron chi connectivity index (χ2n) is 5.84. The van der Waals surface area contributed by atoms with Crippen LogP contribution >= 0.6 is 11.6 Å². The highest BCUT2D eigenvalue weighted by Gasteiger charge is 2.11. The summed E-state index contributed by atoms with van der Waals surface area (Å²) >= 11 is 5.85. The zero-order chi connectivity index (χ0) is 19.2. The molecule has 0 saturated heterocycles. The van der Waals surface area contributed by atoms with Gasteiger partial charge in [-0.15, -0.1) is 0 Å². The van der Waals surface area contributed by atoms with Gasteiger partial charge in [0.15, 0.2) is 0 Å². The standard InChI is InChI=1S/C21H18ClN3O2/c1-2-19(26)25-18-4-3-13-23-20(18)14-5-7-15(8-6-14)21(27)24-17-11-9-16(22)10-12-17/h3-13H,2H2,1H3,(H,24,27)(H,25,26). The van der Waals surface area contributed by atoms with Crippen LogP contribution in [0.5, 0.6) is 0 Å². The molecule has 5 nitrogen and oxygen atoms in total. The van der Waals surface area contributed by atoms with Crippen molar-refractivity contribution in [2.75, 3.05) is 10.6 Å². The molecule has 6 heteroatoms. The Morgan fingerprint density at radius 2 is 1.67 bits per heavy atom. The molecule has 0 saturated carbocycles. The van der Waals surface area contributed by atoms with Gasteiger partial charge in [-0.2, -0.15) is 0 Å². The summed E-state index contributed by atoms with van der Waals surface area (Å²) in [4.78, 5) is 28.4. The Morgan fingerprint density at radius 1 is 0.963 bits per heavy atom. The van der Waals surface area contributed by atoms with Crippen LogP contribution in [0.2, 0.25) is 5.02 Å². The van der Waals surface area contributed by atoms with E-state index in [0.29, 0.717) is 34.1 Å². The number of carbonyl (C=O) groups excluding carboxylic acids is 2. The van der Waals surface area contributed by atoms with E-state index in [4.69, 9.17) is 11.6 Å². The Balaban J connectivity index is 1.78. The Labute approximate surface area is 162 Å². The van der Waals surface area contributed by atoms with Crippen molar-refractivity contribution in [3.05, 3.63) is 77.4 Å². The average Bonchev–Trinajstić information content (AvgIpc) is 2.70. The van der Waals surface area contributed by atoms with E-state index in [0.717, 1.165) is 5.56 Å². The number of hydrogen-bond donors (Lipinski definition) is 2. The van der Waals surface area contributed by atoms with E-state index in [-0.39, 0.29) is 11.8 Å². The van der Waals surface area contributed by atoms with Gasteiger partial charge in [-0.3, -0.25) is 14.6 Å². The van der Waals surface area contributed by atoms with Gasteiger partial charge in [-0.25, -0.2) is 0 Å². The number of nitrogens with zero attached hydrogens (tertiary/aromatic N) is 1. The predicted octanol–water partition coefficient (Wildman–Crippen LogP) is 5.00. The summed E-state index contributed by atoms with van der Waals surface area (Å²) in [5.41, 5.74) is 3.29. The molecule has 3 rings (SSSR count). The first kappa shape index (κ1) is 18.6. The van der Waals surface area contributed by atoms with Crippen molar-refractivity contribution in [2.45, 2.75) is 13.3 Å². The zero-order valence-electron chi connectivity index (χ0n) is 14.7. The minimum atomic E-state index is -0.218. The van der Waals surface area contributed by atoms with Crippen LogP contribution in [0.15, 0.2) is 66.9 Å². The number of aromatic nitrogens is 1. The van der Waals surface area contributed by atoms with Gasteiger partial charge in [-0.05, 0) is 48.5 Å². The number of amides is 2. The van der Waals surface area contributed by atoms with Gasteiger partial charge >= 0.3 is 0 Å². The quantitative estimate of drug-likeness (QED) is 0.655. The van der Waals surface area contributed by atoms with E-state index < -0.39 is 0 Å². The molecule has 0 bridgehead atoms. The van der Waals surface area contributed by atoms with E-state index in [9.17, 15) is 9.59 Å². The molecule has 0 aliphatic rings. The minimum Gasteiger partial charge on any atom is -0.324 e. The van der Waals surface area contributed by atoms with Gasteiger partial charge in [0.05, 0.1) is 11.4 Å². The van der Waals surface area contributed by atoms with Crippen molar-refractivity contribution in [2.24, 2.45) is 0 Å². The first-order valence-electron chi connectivity index (χ1n) is 8.49. The molecule has 1 aromatic heterocycles. The number of anilines is 2. The van der Waals surface area contributed by atoms with Crippen LogP contribution in [0.1, 0.15) is 23.7 Å². The summed E-state index contributed by atoms with van der Waals surface area (Å²) in [6, 6.07) is 17.5. The van der Waals surface area contributed by atoms with Gasteiger partial charge in [-0.1, -0.05) is 30.7 Å². The molecule has 2 N–H and O–H groups in total. The van der Waals surface area contributed by atoms with E-state index in [1.54, 1.807) is 73.8 Å². The van der Waals surface area contributed by atoms with Crippen LogP contribution in [-0.4, -0.2) is 16.8 Å². The zero-order valence-corrected chi connectivity index (χ0v) is 15.5. The summed E-state index contributed by atoms with van der Waals surface area (Å²) in [5, 5.41) is 6.27. The maximum atomic E-state index is 12.4. The molecule has 27 heavy (non-hydrogen) atoms. The normalized spacial score (nSPS) is 10.3. The van der Waals surface area contributed by atoms with E-state index >= 15 is 0 Å². The molecule has 2 amide bonds. The molecule has 0 atom stereocenters. The monoisotopic (exact) mass is 379 g/mol. The van der Waals surface area contributed by atoms with E-state index in [1.165, 1.54) is 0 Å². The van der Waals surface area contributed by atoms with Crippen LogP contribution < -0.4 is 10.6 Å². The Bertz CT molecular complexity index is 954. The van der Waals surface area contributed by atoms with E-state index in [1.807, 2.05) is 0 Å². The van der Waals surface area contributed by atoms with Gasteiger partial charge in [0.2, 0.25) is 5.91 Å². The molecule has 1 heterocycles. The highest BCUT2D eigenvalue weighted by atomic mass is 35.5. The van der Waals surface area contributed by atoms with Crippen molar-refractivity contribution in [3.8, 4) is 11.3 Å². The van der Waals surface area contributed by atoms with Crippen molar-refractivity contribution in [1.29, 1.82) is 0 Å². The fraction of sp³-hybridized carbons (Fsp3) is 0.0952. The lowest BCUT2D eigenvalue weighted by Crippen LogP contribution is -2.12. The first-order chi connectivity index (χ1) is 13.1. The third kappa shape index (κ3) is 4.71. The third-order valence-corrected chi connectivity index (χ3v) is 4.18. The lowest BCUT2D eigenvalue weighted by Gasteiger charge is -2.10. The number of rotatable bonds is 5. The molecule has 136 valence electrons. The summed E-state index contributed by atoms with van der Waals surface area (Å²) in [6.45, 7) is 1.79. The van der Waals surface area contributed by atoms with Crippen LogP contribution in [-0.2, 0) is 4.79 Å². The molecule has 0 spiro atoms. The Hall–Kier alpha value is -3.18. The number of hydrogen-bond acceptors (Lipinski definition) is 3. The molecule has 0 radical (unpaired) electrons. The largest absolute Gasteiger partial charge is 0.324 e. The van der Waals surface area contributed by atoms with Gasteiger partial charge in [0.1, 0.15) is 0 Å². The lowest BCUT2D eigenvalue weighted by molar-refractivity contribution is -0.115. The maximum absolute atomic E-state index is 12.4. The smallest absolute Gasteiger partial charge is 0.255 e. The van der Waals surface area contributed by atoms with Gasteiger partial charge < -0.3 is 10.6 Å². The molecule has 0 fully saturated rings. The van der Waals surface area contributed by atoms with Gasteiger partial charge in [0, 0.05) is 34.5 Å². The molecule has 2 aromatic carbocycles.